The highest BCUT2D eigenvalue weighted by Crippen LogP contribution is 2.30. The van der Waals surface area contributed by atoms with Crippen LogP contribution in [-0.2, 0) is 11.2 Å². The Morgan fingerprint density at radius 3 is 2.17 bits per heavy atom. The van der Waals surface area contributed by atoms with E-state index in [4.69, 9.17) is 16.2 Å². The summed E-state index contributed by atoms with van der Waals surface area (Å²) < 4.78 is 5.31. The molecule has 0 aromatic heterocycles. The van der Waals surface area contributed by atoms with Crippen LogP contribution in [-0.4, -0.2) is 11.8 Å². The molecule has 4 nitrogen and oxygen atoms in total. The molecule has 2 aromatic carbocycles. The van der Waals surface area contributed by atoms with E-state index in [0.717, 1.165) is 12.0 Å². The summed E-state index contributed by atoms with van der Waals surface area (Å²) in [5.74, 6) is 0.198. The van der Waals surface area contributed by atoms with E-state index in [9.17, 15) is 4.79 Å². The molecule has 0 radical (unpaired) electrons. The summed E-state index contributed by atoms with van der Waals surface area (Å²) in [6.07, 6.45) is 1.01. The SMILES string of the molecule is CC[C@H](C[C@](N)(Cc1ccccc1)OC(N)=O)c1ccccc1. The van der Waals surface area contributed by atoms with Crippen LogP contribution in [0, 0.1) is 0 Å². The third-order valence-electron chi connectivity index (χ3n) is 4.01. The summed E-state index contributed by atoms with van der Waals surface area (Å²) in [7, 11) is 0. The number of hydrogen-bond donors (Lipinski definition) is 2. The number of benzene rings is 2. The number of carbonyl (C=O) groups excluding carboxylic acids is 1. The highest BCUT2D eigenvalue weighted by molar-refractivity contribution is 5.65. The van der Waals surface area contributed by atoms with Gasteiger partial charge >= 0.3 is 6.09 Å². The van der Waals surface area contributed by atoms with Crippen molar-refractivity contribution in [3.63, 3.8) is 0 Å². The molecule has 4 N–H and O–H groups in total. The summed E-state index contributed by atoms with van der Waals surface area (Å²) in [5, 5.41) is 0. The Kier molecular flexibility index (Phi) is 5.77. The molecule has 2 atom stereocenters. The van der Waals surface area contributed by atoms with E-state index in [0.29, 0.717) is 12.8 Å². The lowest BCUT2D eigenvalue weighted by Gasteiger charge is -2.32. The molecule has 122 valence electrons. The van der Waals surface area contributed by atoms with Crippen LogP contribution < -0.4 is 11.5 Å². The molecule has 0 aliphatic heterocycles. The molecule has 2 aromatic rings. The van der Waals surface area contributed by atoms with Gasteiger partial charge in [0.05, 0.1) is 0 Å². The van der Waals surface area contributed by atoms with Gasteiger partial charge in [-0.05, 0) is 23.5 Å². The van der Waals surface area contributed by atoms with Gasteiger partial charge in [0, 0.05) is 12.8 Å². The summed E-state index contributed by atoms with van der Waals surface area (Å²) >= 11 is 0. The van der Waals surface area contributed by atoms with Crippen LogP contribution in [0.1, 0.15) is 36.8 Å². The summed E-state index contributed by atoms with van der Waals surface area (Å²) in [5.41, 5.74) is 12.7. The molecule has 0 fully saturated rings. The fraction of sp³-hybridized carbons (Fsp3) is 0.316. The molecule has 4 heteroatoms. The number of amides is 1. The fourth-order valence-corrected chi connectivity index (χ4v) is 2.93. The van der Waals surface area contributed by atoms with E-state index in [1.54, 1.807) is 0 Å². The maximum Gasteiger partial charge on any atom is 0.406 e. The van der Waals surface area contributed by atoms with Crippen LogP contribution in [0.2, 0.25) is 0 Å². The van der Waals surface area contributed by atoms with Crippen LogP contribution in [0.15, 0.2) is 60.7 Å². The number of hydrogen-bond acceptors (Lipinski definition) is 3. The molecule has 0 spiro atoms. The fourth-order valence-electron chi connectivity index (χ4n) is 2.93. The third-order valence-corrected chi connectivity index (χ3v) is 4.01. The van der Waals surface area contributed by atoms with E-state index in [1.165, 1.54) is 5.56 Å². The predicted octanol–water partition coefficient (Wildman–Crippen LogP) is 3.56. The van der Waals surface area contributed by atoms with Gasteiger partial charge in [0.2, 0.25) is 0 Å². The second-order valence-electron chi connectivity index (χ2n) is 5.87. The number of primary amides is 1. The number of nitrogens with two attached hydrogens (primary N) is 2. The van der Waals surface area contributed by atoms with E-state index in [2.05, 4.69) is 19.1 Å². The van der Waals surface area contributed by atoms with Crippen LogP contribution in [0.25, 0.3) is 0 Å². The maximum atomic E-state index is 11.3. The van der Waals surface area contributed by atoms with Crippen LogP contribution >= 0.6 is 0 Å². The van der Waals surface area contributed by atoms with E-state index >= 15 is 0 Å². The third kappa shape index (κ3) is 5.11. The molecule has 0 bridgehead atoms. The minimum absolute atomic E-state index is 0.198. The second-order valence-corrected chi connectivity index (χ2v) is 5.87. The largest absolute Gasteiger partial charge is 0.428 e. The first kappa shape index (κ1) is 17.0. The van der Waals surface area contributed by atoms with Gasteiger partial charge in [0.15, 0.2) is 5.72 Å². The Balaban J connectivity index is 2.21. The van der Waals surface area contributed by atoms with Gasteiger partial charge in [0.1, 0.15) is 0 Å². The van der Waals surface area contributed by atoms with Gasteiger partial charge in [-0.2, -0.15) is 0 Å². The van der Waals surface area contributed by atoms with Crippen molar-refractivity contribution in [2.75, 3.05) is 0 Å². The highest BCUT2D eigenvalue weighted by atomic mass is 16.6. The highest BCUT2D eigenvalue weighted by Gasteiger charge is 2.32. The quantitative estimate of drug-likeness (QED) is 0.767. The predicted molar refractivity (Wildman–Crippen MR) is 91.8 cm³/mol. The first-order valence-electron chi connectivity index (χ1n) is 7.88. The Hall–Kier alpha value is -2.33. The number of rotatable bonds is 7. The Morgan fingerprint density at radius 1 is 1.09 bits per heavy atom. The van der Waals surface area contributed by atoms with Crippen LogP contribution in [0.3, 0.4) is 0 Å². The van der Waals surface area contributed by atoms with Crippen LogP contribution in [0.4, 0.5) is 4.79 Å². The van der Waals surface area contributed by atoms with Crippen molar-refractivity contribution >= 4 is 6.09 Å². The van der Waals surface area contributed by atoms with Gasteiger partial charge in [-0.25, -0.2) is 4.79 Å². The molecule has 0 aliphatic carbocycles. The van der Waals surface area contributed by atoms with Gasteiger partial charge in [-0.3, -0.25) is 5.73 Å². The van der Waals surface area contributed by atoms with Gasteiger partial charge in [-0.1, -0.05) is 67.6 Å². The van der Waals surface area contributed by atoms with Gasteiger partial charge in [-0.15, -0.1) is 0 Å². The van der Waals surface area contributed by atoms with Crippen molar-refractivity contribution < 1.29 is 9.53 Å². The molecule has 0 saturated carbocycles. The average Bonchev–Trinajstić information content (AvgIpc) is 2.53. The monoisotopic (exact) mass is 312 g/mol. The molecule has 0 saturated heterocycles. The zero-order chi connectivity index (χ0) is 16.7. The molecule has 0 aliphatic rings. The van der Waals surface area contributed by atoms with E-state index in [-0.39, 0.29) is 5.92 Å². The lowest BCUT2D eigenvalue weighted by atomic mass is 9.86. The standard InChI is InChI=1S/C19H24N2O2/c1-2-16(17-11-7-4-8-12-17)14-19(21,23-18(20)22)13-15-9-5-3-6-10-15/h3-12,16H,2,13-14,21H2,1H3,(H2,20,22)/t16-,19+/m1/s1. The van der Waals surface area contributed by atoms with Crippen molar-refractivity contribution in [3.8, 4) is 0 Å². The first-order chi connectivity index (χ1) is 11.0. The number of ether oxygens (including phenoxy) is 1. The molecule has 2 rings (SSSR count). The Labute approximate surface area is 137 Å². The van der Waals surface area contributed by atoms with Crippen molar-refractivity contribution in [3.05, 3.63) is 71.8 Å². The topological polar surface area (TPSA) is 78.3 Å². The Morgan fingerprint density at radius 2 is 1.65 bits per heavy atom. The molecule has 0 heterocycles. The average molecular weight is 312 g/mol. The molecular formula is C19H24N2O2. The van der Waals surface area contributed by atoms with Crippen molar-refractivity contribution in [2.45, 2.75) is 37.8 Å². The number of carbonyl (C=O) groups is 1. The lowest BCUT2D eigenvalue weighted by Crippen LogP contribution is -2.48. The maximum absolute atomic E-state index is 11.3. The van der Waals surface area contributed by atoms with Crippen molar-refractivity contribution in [2.24, 2.45) is 11.5 Å². The van der Waals surface area contributed by atoms with Gasteiger partial charge < -0.3 is 10.5 Å². The van der Waals surface area contributed by atoms with Gasteiger partial charge in [0.25, 0.3) is 0 Å². The zero-order valence-corrected chi connectivity index (χ0v) is 13.4. The molecule has 1 amide bonds. The van der Waals surface area contributed by atoms with Crippen LogP contribution in [0.5, 0.6) is 0 Å². The lowest BCUT2D eigenvalue weighted by molar-refractivity contribution is 0.00889. The molecule has 0 unspecified atom stereocenters. The second kappa shape index (κ2) is 7.79. The van der Waals surface area contributed by atoms with Crippen molar-refractivity contribution in [1.29, 1.82) is 0 Å². The zero-order valence-electron chi connectivity index (χ0n) is 13.4. The summed E-state index contributed by atoms with van der Waals surface area (Å²) in [6.45, 7) is 2.10. The molecular weight excluding hydrogens is 288 g/mol. The smallest absolute Gasteiger partial charge is 0.406 e. The van der Waals surface area contributed by atoms with E-state index in [1.807, 2.05) is 48.5 Å². The minimum Gasteiger partial charge on any atom is -0.428 e. The first-order valence-corrected chi connectivity index (χ1v) is 7.88. The normalized spacial score (nSPS) is 14.7. The summed E-state index contributed by atoms with van der Waals surface area (Å²) in [6, 6.07) is 19.9. The Bertz CT molecular complexity index is 616. The van der Waals surface area contributed by atoms with Crippen molar-refractivity contribution in [1.82, 2.24) is 0 Å². The minimum atomic E-state index is -1.12. The summed E-state index contributed by atoms with van der Waals surface area (Å²) in [4.78, 5) is 11.3. The van der Waals surface area contributed by atoms with E-state index < -0.39 is 11.8 Å². The molecule has 23 heavy (non-hydrogen) atoms.